The molecule has 0 radical (unpaired) electrons. The van der Waals surface area contributed by atoms with Crippen molar-refractivity contribution in [3.8, 4) is 6.07 Å². The topological polar surface area (TPSA) is 62.3 Å². The molecule has 3 rings (SSSR count). The highest BCUT2D eigenvalue weighted by atomic mass is 32.1. The molecule has 0 amide bonds. The lowest BCUT2D eigenvalue weighted by molar-refractivity contribution is 0.715. The van der Waals surface area contributed by atoms with Crippen molar-refractivity contribution >= 4 is 23.4 Å². The summed E-state index contributed by atoms with van der Waals surface area (Å²) < 4.78 is 4.53. The van der Waals surface area contributed by atoms with Gasteiger partial charge in [0.05, 0.1) is 23.9 Å². The molecule has 0 aliphatic carbocycles. The largest absolute Gasteiger partial charge is 0.328 e. The Morgan fingerprint density at radius 3 is 2.70 bits per heavy atom. The van der Waals surface area contributed by atoms with Gasteiger partial charge in [-0.2, -0.15) is 10.4 Å². The molecule has 0 unspecified atom stereocenters. The number of H-pyrrole nitrogens is 1. The summed E-state index contributed by atoms with van der Waals surface area (Å²) in [6, 6.07) is 9.65. The molecular weight excluding hydrogens is 270 g/mol. The Labute approximate surface area is 121 Å². The van der Waals surface area contributed by atoms with Gasteiger partial charge in [0.15, 0.2) is 10.4 Å². The van der Waals surface area contributed by atoms with Crippen molar-refractivity contribution in [2.45, 2.75) is 13.5 Å². The van der Waals surface area contributed by atoms with Crippen LogP contribution in [0.25, 0.3) is 11.2 Å². The minimum atomic E-state index is 0.656. The van der Waals surface area contributed by atoms with Gasteiger partial charge in [-0.3, -0.25) is 9.25 Å². The van der Waals surface area contributed by atoms with E-state index in [4.69, 9.17) is 17.5 Å². The van der Waals surface area contributed by atoms with Crippen LogP contribution in [-0.4, -0.2) is 19.3 Å². The van der Waals surface area contributed by atoms with Crippen LogP contribution in [0.3, 0.4) is 0 Å². The number of fused-ring (bicyclic) bond motifs is 1. The second-order valence-electron chi connectivity index (χ2n) is 4.73. The van der Waals surface area contributed by atoms with Gasteiger partial charge in [-0.05, 0) is 36.8 Å². The Morgan fingerprint density at radius 1 is 1.35 bits per heavy atom. The van der Waals surface area contributed by atoms with Crippen LogP contribution in [0.1, 0.15) is 16.8 Å². The fourth-order valence-corrected chi connectivity index (χ4v) is 2.64. The lowest BCUT2D eigenvalue weighted by Gasteiger charge is -2.05. The number of hydrogen-bond acceptors (Lipinski definition) is 3. The molecule has 100 valence electrons. The van der Waals surface area contributed by atoms with Gasteiger partial charge < -0.3 is 4.98 Å². The van der Waals surface area contributed by atoms with Crippen LogP contribution in [-0.2, 0) is 13.6 Å². The van der Waals surface area contributed by atoms with Gasteiger partial charge in [-0.25, -0.2) is 0 Å². The van der Waals surface area contributed by atoms with Crippen LogP contribution in [0.4, 0.5) is 0 Å². The molecule has 1 N–H and O–H groups in total. The first kappa shape index (κ1) is 12.6. The van der Waals surface area contributed by atoms with Gasteiger partial charge in [-0.15, -0.1) is 0 Å². The zero-order chi connectivity index (χ0) is 14.3. The fourth-order valence-electron chi connectivity index (χ4n) is 2.39. The Kier molecular flexibility index (Phi) is 2.92. The van der Waals surface area contributed by atoms with E-state index in [-0.39, 0.29) is 0 Å². The van der Waals surface area contributed by atoms with E-state index in [2.05, 4.69) is 16.2 Å². The van der Waals surface area contributed by atoms with E-state index in [9.17, 15) is 0 Å². The second-order valence-corrected chi connectivity index (χ2v) is 5.12. The normalized spacial score (nSPS) is 10.8. The Balaban J connectivity index is 2.08. The van der Waals surface area contributed by atoms with Gasteiger partial charge in [0.1, 0.15) is 5.52 Å². The molecule has 0 atom stereocenters. The highest BCUT2D eigenvalue weighted by Gasteiger charge is 2.12. The first-order chi connectivity index (χ1) is 9.60. The van der Waals surface area contributed by atoms with E-state index in [1.807, 2.05) is 47.5 Å². The SMILES string of the molecule is Cc1nn(C)c2c1[nH]c(=S)n2Cc1ccc(C#N)cc1. The second kappa shape index (κ2) is 4.62. The van der Waals surface area contributed by atoms with Crippen LogP contribution in [0, 0.1) is 23.0 Å². The maximum atomic E-state index is 8.82. The van der Waals surface area contributed by atoms with E-state index in [1.165, 1.54) is 0 Å². The maximum absolute atomic E-state index is 8.82. The molecule has 3 aromatic rings. The Hall–Kier alpha value is -2.39. The number of nitriles is 1. The average Bonchev–Trinajstić information content (AvgIpc) is 2.90. The molecule has 0 spiro atoms. The first-order valence-electron chi connectivity index (χ1n) is 6.21. The molecule has 2 heterocycles. The summed E-state index contributed by atoms with van der Waals surface area (Å²) in [5, 5.41) is 13.2. The number of hydrogen-bond donors (Lipinski definition) is 1. The third-order valence-corrected chi connectivity index (χ3v) is 3.67. The number of aromatic amines is 1. The lowest BCUT2D eigenvalue weighted by atomic mass is 10.1. The summed E-state index contributed by atoms with van der Waals surface area (Å²) in [6.07, 6.45) is 0. The Bertz CT molecular complexity index is 873. The number of nitrogens with one attached hydrogen (secondary N) is 1. The van der Waals surface area contributed by atoms with E-state index in [1.54, 1.807) is 0 Å². The summed E-state index contributed by atoms with van der Waals surface area (Å²) in [5.74, 6) is 0. The van der Waals surface area contributed by atoms with Crippen molar-refractivity contribution in [2.75, 3.05) is 0 Å². The van der Waals surface area contributed by atoms with Gasteiger partial charge in [-0.1, -0.05) is 12.1 Å². The smallest absolute Gasteiger partial charge is 0.179 e. The minimum Gasteiger partial charge on any atom is -0.328 e. The van der Waals surface area contributed by atoms with Crippen LogP contribution in [0.15, 0.2) is 24.3 Å². The number of benzene rings is 1. The molecule has 5 nitrogen and oxygen atoms in total. The number of imidazole rings is 1. The van der Waals surface area contributed by atoms with Crippen molar-refractivity contribution in [2.24, 2.45) is 7.05 Å². The molecule has 0 saturated carbocycles. The van der Waals surface area contributed by atoms with E-state index >= 15 is 0 Å². The minimum absolute atomic E-state index is 0.656. The predicted molar refractivity (Wildman–Crippen MR) is 78.9 cm³/mol. The standard InChI is InChI=1S/C14H13N5S/c1-9-12-13(18(2)17-9)19(14(20)16-12)8-11-5-3-10(7-15)4-6-11/h3-6H,8H2,1-2H3,(H,16,20). The summed E-state index contributed by atoms with van der Waals surface area (Å²) >= 11 is 5.39. The summed E-state index contributed by atoms with van der Waals surface area (Å²) in [5.41, 5.74) is 4.66. The fraction of sp³-hybridized carbons (Fsp3) is 0.214. The maximum Gasteiger partial charge on any atom is 0.179 e. The molecule has 0 saturated heterocycles. The predicted octanol–water partition coefficient (Wildman–Crippen LogP) is 2.66. The molecule has 6 heteroatoms. The summed E-state index contributed by atoms with van der Waals surface area (Å²) in [7, 11) is 1.91. The lowest BCUT2D eigenvalue weighted by Crippen LogP contribution is -2.04. The molecule has 0 aliphatic heterocycles. The van der Waals surface area contributed by atoms with E-state index in [0.717, 1.165) is 22.4 Å². The zero-order valence-electron chi connectivity index (χ0n) is 11.2. The molecule has 20 heavy (non-hydrogen) atoms. The van der Waals surface area contributed by atoms with Crippen LogP contribution < -0.4 is 0 Å². The Morgan fingerprint density at radius 2 is 2.05 bits per heavy atom. The zero-order valence-corrected chi connectivity index (χ0v) is 12.0. The third kappa shape index (κ3) is 1.92. The number of aromatic nitrogens is 4. The van der Waals surface area contributed by atoms with Gasteiger partial charge in [0.2, 0.25) is 0 Å². The van der Waals surface area contributed by atoms with Crippen molar-refractivity contribution in [3.63, 3.8) is 0 Å². The van der Waals surface area contributed by atoms with Gasteiger partial charge in [0, 0.05) is 7.05 Å². The quantitative estimate of drug-likeness (QED) is 0.735. The summed E-state index contributed by atoms with van der Waals surface area (Å²) in [4.78, 5) is 3.20. The third-order valence-electron chi connectivity index (χ3n) is 3.35. The van der Waals surface area contributed by atoms with Crippen LogP contribution >= 0.6 is 12.2 Å². The molecule has 2 aromatic heterocycles. The number of aryl methyl sites for hydroxylation is 2. The van der Waals surface area contributed by atoms with E-state index in [0.29, 0.717) is 16.9 Å². The van der Waals surface area contributed by atoms with Crippen LogP contribution in [0.5, 0.6) is 0 Å². The number of rotatable bonds is 2. The first-order valence-corrected chi connectivity index (χ1v) is 6.62. The monoisotopic (exact) mass is 283 g/mol. The van der Waals surface area contributed by atoms with Gasteiger partial charge in [0.25, 0.3) is 0 Å². The molecule has 0 fully saturated rings. The van der Waals surface area contributed by atoms with Crippen molar-refractivity contribution in [1.82, 2.24) is 19.3 Å². The number of nitrogens with zero attached hydrogens (tertiary/aromatic N) is 4. The molecule has 1 aromatic carbocycles. The van der Waals surface area contributed by atoms with Crippen molar-refractivity contribution in [3.05, 3.63) is 45.9 Å². The van der Waals surface area contributed by atoms with Crippen molar-refractivity contribution in [1.29, 1.82) is 5.26 Å². The molecular formula is C14H13N5S. The van der Waals surface area contributed by atoms with Crippen LogP contribution in [0.2, 0.25) is 0 Å². The highest BCUT2D eigenvalue weighted by molar-refractivity contribution is 7.71. The average molecular weight is 283 g/mol. The summed E-state index contributed by atoms with van der Waals surface area (Å²) in [6.45, 7) is 2.61. The van der Waals surface area contributed by atoms with Crippen molar-refractivity contribution < 1.29 is 0 Å². The highest BCUT2D eigenvalue weighted by Crippen LogP contribution is 2.18. The van der Waals surface area contributed by atoms with Gasteiger partial charge >= 0.3 is 0 Å². The molecule has 0 bridgehead atoms. The van der Waals surface area contributed by atoms with E-state index < -0.39 is 0 Å². The molecule has 0 aliphatic rings.